The number of hydrogen-bond donors (Lipinski definition) is 0. The third-order valence-electron chi connectivity index (χ3n) is 12.6. The molecule has 0 bridgehead atoms. The highest BCUT2D eigenvalue weighted by Gasteiger charge is 2.35. The molecule has 11 aromatic rings. The van der Waals surface area contributed by atoms with Crippen molar-refractivity contribution in [3.05, 3.63) is 211 Å². The number of aliphatic imine (C=N–C) groups is 2. The van der Waals surface area contributed by atoms with E-state index in [-0.39, 0.29) is 12.0 Å². The van der Waals surface area contributed by atoms with Crippen LogP contribution in [0.2, 0.25) is 0 Å². The third kappa shape index (κ3) is 5.45. The summed E-state index contributed by atoms with van der Waals surface area (Å²) in [5, 5.41) is 9.48. The van der Waals surface area contributed by atoms with E-state index in [1.54, 1.807) is 0 Å². The topological polar surface area (TPSA) is 42.8 Å². The number of furan rings is 1. The average Bonchev–Trinajstić information content (AvgIpc) is 3.85. The first-order chi connectivity index (χ1) is 29.7. The van der Waals surface area contributed by atoms with Crippen molar-refractivity contribution in [1.82, 2.24) is 4.57 Å². The minimum Gasteiger partial charge on any atom is -0.456 e. The molecule has 2 atom stereocenters. The number of fused-ring (bicyclic) bond motifs is 9. The SMILES string of the molecule is CCC1C(c2ccccc2)=NC(c2ccc(-c3ccccc3)cc2)=NC1c1cc2oc3ccccc3c2cc1-n1c2cc3ccccc3cc2c2ccc3ccccc3c21. The lowest BCUT2D eigenvalue weighted by Gasteiger charge is -2.31. The number of para-hydroxylation sites is 1. The number of amidine groups is 1. The van der Waals surface area contributed by atoms with Crippen molar-refractivity contribution in [1.29, 1.82) is 0 Å². The maximum Gasteiger partial charge on any atom is 0.155 e. The molecule has 4 heteroatoms. The van der Waals surface area contributed by atoms with Gasteiger partial charge in [-0.1, -0.05) is 171 Å². The van der Waals surface area contributed by atoms with Crippen LogP contribution >= 0.6 is 0 Å². The van der Waals surface area contributed by atoms with E-state index in [2.05, 4.69) is 200 Å². The Morgan fingerprint density at radius 3 is 1.88 bits per heavy atom. The van der Waals surface area contributed by atoms with Gasteiger partial charge < -0.3 is 8.98 Å². The average molecular weight is 770 g/mol. The normalized spacial score (nSPS) is 15.7. The quantitative estimate of drug-likeness (QED) is 0.166. The Hall–Kier alpha value is -7.56. The van der Waals surface area contributed by atoms with Gasteiger partial charge in [-0.25, -0.2) is 4.99 Å². The number of hydrogen-bond acceptors (Lipinski definition) is 3. The molecule has 9 aromatic carbocycles. The second-order valence-electron chi connectivity index (χ2n) is 16.0. The molecular weight excluding hydrogens is 731 g/mol. The minimum absolute atomic E-state index is 0.00835. The van der Waals surface area contributed by atoms with Crippen molar-refractivity contribution in [2.75, 3.05) is 0 Å². The van der Waals surface area contributed by atoms with Crippen LogP contribution in [0.3, 0.4) is 0 Å². The summed E-state index contributed by atoms with van der Waals surface area (Å²) in [6, 6.07) is 69.5. The molecule has 0 saturated heterocycles. The van der Waals surface area contributed by atoms with Crippen LogP contribution in [0.25, 0.3) is 82.1 Å². The summed E-state index contributed by atoms with van der Waals surface area (Å²) < 4.78 is 9.25. The molecule has 0 N–H and O–H groups in total. The van der Waals surface area contributed by atoms with E-state index in [0.29, 0.717) is 0 Å². The second kappa shape index (κ2) is 13.8. The summed E-state index contributed by atoms with van der Waals surface area (Å²) in [5.41, 5.74) is 11.8. The summed E-state index contributed by atoms with van der Waals surface area (Å²) in [4.78, 5) is 11.2. The van der Waals surface area contributed by atoms with E-state index in [1.807, 2.05) is 6.07 Å². The lowest BCUT2D eigenvalue weighted by Crippen LogP contribution is -2.28. The zero-order chi connectivity index (χ0) is 39.7. The molecule has 0 fully saturated rings. The molecular formula is C56H39N3O. The van der Waals surface area contributed by atoms with E-state index >= 15 is 0 Å². The number of nitrogens with zero attached hydrogens (tertiary/aromatic N) is 3. The lowest BCUT2D eigenvalue weighted by molar-refractivity contribution is 0.531. The predicted molar refractivity (Wildman–Crippen MR) is 251 cm³/mol. The molecule has 1 aliphatic heterocycles. The van der Waals surface area contributed by atoms with Gasteiger partial charge >= 0.3 is 0 Å². The van der Waals surface area contributed by atoms with Gasteiger partial charge in [-0.05, 0) is 69.6 Å². The van der Waals surface area contributed by atoms with Crippen molar-refractivity contribution in [2.24, 2.45) is 15.9 Å². The van der Waals surface area contributed by atoms with Gasteiger partial charge in [-0.15, -0.1) is 0 Å². The van der Waals surface area contributed by atoms with E-state index in [9.17, 15) is 0 Å². The molecule has 2 unspecified atom stereocenters. The molecule has 3 heterocycles. The predicted octanol–water partition coefficient (Wildman–Crippen LogP) is 14.7. The molecule has 284 valence electrons. The summed E-state index contributed by atoms with van der Waals surface area (Å²) in [6.45, 7) is 2.27. The van der Waals surface area contributed by atoms with Gasteiger partial charge in [0.15, 0.2) is 5.84 Å². The molecule has 1 aliphatic rings. The minimum atomic E-state index is -0.276. The first-order valence-corrected chi connectivity index (χ1v) is 20.9. The molecule has 0 aliphatic carbocycles. The van der Waals surface area contributed by atoms with Crippen molar-refractivity contribution >= 4 is 76.8 Å². The van der Waals surface area contributed by atoms with Gasteiger partial charge in [0.2, 0.25) is 0 Å². The Kier molecular flexibility index (Phi) is 7.92. The molecule has 0 spiro atoms. The summed E-state index contributed by atoms with van der Waals surface area (Å²) in [7, 11) is 0. The van der Waals surface area contributed by atoms with Crippen LogP contribution in [0.5, 0.6) is 0 Å². The molecule has 60 heavy (non-hydrogen) atoms. The fourth-order valence-corrected chi connectivity index (χ4v) is 9.69. The number of benzene rings is 9. The Bertz CT molecular complexity index is 3520. The Labute approximate surface area is 347 Å². The van der Waals surface area contributed by atoms with Crippen molar-refractivity contribution in [2.45, 2.75) is 19.4 Å². The molecule has 0 saturated carbocycles. The Morgan fingerprint density at radius 1 is 0.483 bits per heavy atom. The third-order valence-corrected chi connectivity index (χ3v) is 12.6. The number of aromatic nitrogens is 1. The van der Waals surface area contributed by atoms with Crippen LogP contribution in [0, 0.1) is 5.92 Å². The van der Waals surface area contributed by atoms with Gasteiger partial charge in [0.25, 0.3) is 0 Å². The van der Waals surface area contributed by atoms with Crippen LogP contribution in [0.4, 0.5) is 0 Å². The van der Waals surface area contributed by atoms with E-state index < -0.39 is 0 Å². The number of rotatable bonds is 6. The molecule has 12 rings (SSSR count). The maximum atomic E-state index is 6.72. The van der Waals surface area contributed by atoms with Crippen molar-refractivity contribution in [3.63, 3.8) is 0 Å². The first-order valence-electron chi connectivity index (χ1n) is 20.9. The fraction of sp³-hybridized carbons (Fsp3) is 0.0714. The van der Waals surface area contributed by atoms with Gasteiger partial charge in [0.1, 0.15) is 11.2 Å². The van der Waals surface area contributed by atoms with Crippen LogP contribution in [-0.2, 0) is 0 Å². The first kappa shape index (κ1) is 34.5. The van der Waals surface area contributed by atoms with Gasteiger partial charge in [-0.2, -0.15) is 0 Å². The molecule has 0 radical (unpaired) electrons. The largest absolute Gasteiger partial charge is 0.456 e. The second-order valence-corrected chi connectivity index (χ2v) is 16.0. The fourth-order valence-electron chi connectivity index (χ4n) is 9.69. The maximum absolute atomic E-state index is 6.72. The summed E-state index contributed by atoms with van der Waals surface area (Å²) >= 11 is 0. The van der Waals surface area contributed by atoms with Crippen LogP contribution in [-0.4, -0.2) is 16.1 Å². The highest BCUT2D eigenvalue weighted by Crippen LogP contribution is 2.46. The Balaban J connectivity index is 1.18. The van der Waals surface area contributed by atoms with Crippen LogP contribution in [0.15, 0.2) is 209 Å². The van der Waals surface area contributed by atoms with Crippen LogP contribution in [0.1, 0.15) is 36.1 Å². The zero-order valence-electron chi connectivity index (χ0n) is 33.1. The highest BCUT2D eigenvalue weighted by atomic mass is 16.3. The molecule has 4 nitrogen and oxygen atoms in total. The van der Waals surface area contributed by atoms with Gasteiger partial charge in [-0.3, -0.25) is 4.99 Å². The van der Waals surface area contributed by atoms with Crippen molar-refractivity contribution in [3.8, 4) is 16.8 Å². The zero-order valence-corrected chi connectivity index (χ0v) is 33.1. The van der Waals surface area contributed by atoms with E-state index in [0.717, 1.165) is 73.4 Å². The lowest BCUT2D eigenvalue weighted by atomic mass is 9.82. The summed E-state index contributed by atoms with van der Waals surface area (Å²) in [6.07, 6.45) is 0.848. The highest BCUT2D eigenvalue weighted by molar-refractivity contribution is 6.21. The van der Waals surface area contributed by atoms with E-state index in [4.69, 9.17) is 14.4 Å². The summed E-state index contributed by atoms with van der Waals surface area (Å²) in [5.74, 6) is 0.725. The van der Waals surface area contributed by atoms with Crippen LogP contribution < -0.4 is 0 Å². The van der Waals surface area contributed by atoms with Crippen molar-refractivity contribution < 1.29 is 4.42 Å². The van der Waals surface area contributed by atoms with Gasteiger partial charge in [0.05, 0.1) is 28.5 Å². The molecule has 2 aromatic heterocycles. The van der Waals surface area contributed by atoms with E-state index in [1.165, 1.54) is 43.4 Å². The standard InChI is InChI=1S/C56H39N3O/c1-2-42-53(38-18-7-4-8-19-38)57-56(39-27-25-36(26-28-39)35-15-5-3-6-16-35)58-54(42)48-34-52-47(44-23-13-14-24-51(44)60-52)33-50(48)59-49-32-41-21-10-9-20-40(41)31-46(49)45-30-29-37-17-11-12-22-43(37)55(45)59/h3-34,42,54H,2H2,1H3. The smallest absolute Gasteiger partial charge is 0.155 e. The monoisotopic (exact) mass is 769 g/mol. The van der Waals surface area contributed by atoms with Gasteiger partial charge in [0, 0.05) is 44.0 Å². The molecule has 0 amide bonds. The Morgan fingerprint density at radius 2 is 1.12 bits per heavy atom.